The minimum atomic E-state index is -3.61. The minimum Gasteiger partial charge on any atom is -0.334 e. The Labute approximate surface area is 121 Å². The summed E-state index contributed by atoms with van der Waals surface area (Å²) in [6, 6.07) is -0.218. The van der Waals surface area contributed by atoms with Gasteiger partial charge in [-0.2, -0.15) is 0 Å². The van der Waals surface area contributed by atoms with Gasteiger partial charge in [0.2, 0.25) is 0 Å². The van der Waals surface area contributed by atoms with Gasteiger partial charge in [-0.15, -0.1) is 0 Å². The number of nitrogens with two attached hydrogens (primary N) is 1. The summed E-state index contributed by atoms with van der Waals surface area (Å²) in [5.41, 5.74) is 5.38. The predicted molar refractivity (Wildman–Crippen MR) is 79.9 cm³/mol. The molecule has 0 radical (unpaired) electrons. The molecule has 1 atom stereocenters. The van der Waals surface area contributed by atoms with E-state index in [9.17, 15) is 8.42 Å². The summed E-state index contributed by atoms with van der Waals surface area (Å²) in [6.45, 7) is 10.9. The fraction of sp³-hybridized carbons (Fsp3) is 0.769. The summed E-state index contributed by atoms with van der Waals surface area (Å²) in [5.74, 6) is 0.694. The zero-order valence-corrected chi connectivity index (χ0v) is 13.8. The molecule has 1 heterocycles. The van der Waals surface area contributed by atoms with Crippen LogP contribution in [0.25, 0.3) is 0 Å². The Balaban J connectivity index is 3.03. The van der Waals surface area contributed by atoms with Crippen LogP contribution in [-0.2, 0) is 16.6 Å². The molecule has 0 aliphatic heterocycles. The molecule has 1 aromatic heterocycles. The summed E-state index contributed by atoms with van der Waals surface area (Å²) >= 11 is 0. The Morgan fingerprint density at radius 2 is 2.05 bits per heavy atom. The van der Waals surface area contributed by atoms with E-state index in [-0.39, 0.29) is 16.5 Å². The van der Waals surface area contributed by atoms with Crippen LogP contribution in [0.15, 0.2) is 11.2 Å². The highest BCUT2D eigenvalue weighted by atomic mass is 32.2. The maximum atomic E-state index is 12.4. The molecular formula is C13H26N4O2S. The van der Waals surface area contributed by atoms with E-state index in [1.165, 1.54) is 0 Å². The third-order valence-electron chi connectivity index (χ3n) is 3.37. The molecule has 3 N–H and O–H groups in total. The first kappa shape index (κ1) is 17.1. The van der Waals surface area contributed by atoms with Crippen molar-refractivity contribution in [1.82, 2.24) is 14.3 Å². The van der Waals surface area contributed by atoms with E-state index in [1.54, 1.807) is 13.1 Å². The molecule has 0 aromatic carbocycles. The second kappa shape index (κ2) is 6.24. The molecule has 0 saturated carbocycles. The number of aromatic nitrogens is 2. The van der Waals surface area contributed by atoms with Crippen LogP contribution in [0.5, 0.6) is 0 Å². The van der Waals surface area contributed by atoms with Gasteiger partial charge in [0, 0.05) is 18.8 Å². The highest BCUT2D eigenvalue weighted by molar-refractivity contribution is 7.89. The van der Waals surface area contributed by atoms with Gasteiger partial charge in [-0.05, 0) is 32.2 Å². The van der Waals surface area contributed by atoms with Crippen LogP contribution in [-0.4, -0.2) is 30.6 Å². The standard InChI is InChI=1S/C13H26N4O2S/c1-6-17-9-12(15-10(17)2)20(18,19)16-11(7-8-14)13(3,4)5/h9,11,16H,6-8,14H2,1-5H3. The Bertz CT molecular complexity index is 543. The Morgan fingerprint density at radius 1 is 1.45 bits per heavy atom. The lowest BCUT2D eigenvalue weighted by Gasteiger charge is -2.30. The second-order valence-corrected chi connectivity index (χ2v) is 7.69. The van der Waals surface area contributed by atoms with Gasteiger partial charge in [0.15, 0.2) is 5.03 Å². The SMILES string of the molecule is CCn1cc(S(=O)(=O)NC(CCN)C(C)(C)C)nc1C. The lowest BCUT2D eigenvalue weighted by Crippen LogP contribution is -2.44. The normalized spacial score (nSPS) is 14.5. The topological polar surface area (TPSA) is 90.0 Å². The van der Waals surface area contributed by atoms with Gasteiger partial charge in [-0.25, -0.2) is 18.1 Å². The zero-order valence-electron chi connectivity index (χ0n) is 13.0. The summed E-state index contributed by atoms with van der Waals surface area (Å²) in [6.07, 6.45) is 2.16. The van der Waals surface area contributed by atoms with Crippen molar-refractivity contribution < 1.29 is 8.42 Å². The Kier molecular flexibility index (Phi) is 5.34. The van der Waals surface area contributed by atoms with Crippen molar-refractivity contribution in [3.63, 3.8) is 0 Å². The van der Waals surface area contributed by atoms with Gasteiger partial charge >= 0.3 is 0 Å². The lowest BCUT2D eigenvalue weighted by atomic mass is 9.85. The van der Waals surface area contributed by atoms with Crippen molar-refractivity contribution >= 4 is 10.0 Å². The van der Waals surface area contributed by atoms with Crippen LogP contribution in [0.3, 0.4) is 0 Å². The molecule has 20 heavy (non-hydrogen) atoms. The number of hydrogen-bond donors (Lipinski definition) is 2. The van der Waals surface area contributed by atoms with Crippen molar-refractivity contribution in [3.05, 3.63) is 12.0 Å². The third-order valence-corrected chi connectivity index (χ3v) is 4.71. The lowest BCUT2D eigenvalue weighted by molar-refractivity contribution is 0.287. The van der Waals surface area contributed by atoms with Crippen molar-refractivity contribution in [2.75, 3.05) is 6.54 Å². The van der Waals surface area contributed by atoms with Crippen molar-refractivity contribution in [3.8, 4) is 0 Å². The molecular weight excluding hydrogens is 276 g/mol. The molecule has 0 fully saturated rings. The molecule has 1 rings (SSSR count). The van der Waals surface area contributed by atoms with Crippen molar-refractivity contribution in [2.24, 2.45) is 11.1 Å². The van der Waals surface area contributed by atoms with E-state index >= 15 is 0 Å². The van der Waals surface area contributed by atoms with Gasteiger partial charge < -0.3 is 10.3 Å². The summed E-state index contributed by atoms with van der Waals surface area (Å²) in [5, 5.41) is 0.0723. The van der Waals surface area contributed by atoms with Gasteiger partial charge in [0.1, 0.15) is 5.82 Å². The molecule has 0 bridgehead atoms. The van der Waals surface area contributed by atoms with Crippen LogP contribution in [0.2, 0.25) is 0 Å². The van der Waals surface area contributed by atoms with E-state index in [4.69, 9.17) is 5.73 Å². The number of aryl methyl sites for hydroxylation is 2. The van der Waals surface area contributed by atoms with E-state index in [2.05, 4.69) is 9.71 Å². The van der Waals surface area contributed by atoms with E-state index < -0.39 is 10.0 Å². The van der Waals surface area contributed by atoms with E-state index in [0.717, 1.165) is 0 Å². The summed E-state index contributed by atoms with van der Waals surface area (Å²) in [7, 11) is -3.61. The van der Waals surface area contributed by atoms with Crippen LogP contribution < -0.4 is 10.5 Å². The number of nitrogens with zero attached hydrogens (tertiary/aromatic N) is 2. The maximum Gasteiger partial charge on any atom is 0.259 e. The quantitative estimate of drug-likeness (QED) is 0.827. The highest BCUT2D eigenvalue weighted by Crippen LogP contribution is 2.23. The average Bonchev–Trinajstić information content (AvgIpc) is 2.69. The molecule has 0 amide bonds. The molecule has 0 spiro atoms. The first-order valence-electron chi connectivity index (χ1n) is 6.88. The average molecular weight is 302 g/mol. The zero-order chi connectivity index (χ0) is 15.6. The van der Waals surface area contributed by atoms with Crippen LogP contribution >= 0.6 is 0 Å². The van der Waals surface area contributed by atoms with Crippen LogP contribution in [0.4, 0.5) is 0 Å². The second-order valence-electron chi connectivity index (χ2n) is 6.03. The Morgan fingerprint density at radius 3 is 2.45 bits per heavy atom. The smallest absolute Gasteiger partial charge is 0.259 e. The predicted octanol–water partition coefficient (Wildman–Crippen LogP) is 1.25. The van der Waals surface area contributed by atoms with Crippen LogP contribution in [0.1, 0.15) is 39.9 Å². The van der Waals surface area contributed by atoms with Gasteiger partial charge in [-0.3, -0.25) is 0 Å². The summed E-state index contributed by atoms with van der Waals surface area (Å²) in [4.78, 5) is 4.13. The molecule has 1 aromatic rings. The third kappa shape index (κ3) is 4.04. The largest absolute Gasteiger partial charge is 0.334 e. The summed E-state index contributed by atoms with van der Waals surface area (Å²) < 4.78 is 29.4. The molecule has 0 aliphatic carbocycles. The fourth-order valence-electron chi connectivity index (χ4n) is 2.01. The van der Waals surface area contributed by atoms with E-state index in [1.807, 2.05) is 32.3 Å². The molecule has 6 nitrogen and oxygen atoms in total. The maximum absolute atomic E-state index is 12.4. The highest BCUT2D eigenvalue weighted by Gasteiger charge is 2.30. The van der Waals surface area contributed by atoms with Crippen molar-refractivity contribution in [1.29, 1.82) is 0 Å². The number of nitrogens with one attached hydrogen (secondary N) is 1. The fourth-order valence-corrected chi connectivity index (χ4v) is 3.50. The van der Waals surface area contributed by atoms with Gasteiger partial charge in [0.05, 0.1) is 0 Å². The van der Waals surface area contributed by atoms with Crippen molar-refractivity contribution in [2.45, 2.75) is 58.7 Å². The first-order chi connectivity index (χ1) is 9.11. The molecule has 7 heteroatoms. The number of imidazole rings is 1. The van der Waals surface area contributed by atoms with Gasteiger partial charge in [-0.1, -0.05) is 20.8 Å². The molecule has 0 saturated heterocycles. The first-order valence-corrected chi connectivity index (χ1v) is 8.36. The van der Waals surface area contributed by atoms with E-state index in [0.29, 0.717) is 25.3 Å². The van der Waals surface area contributed by atoms with Crippen LogP contribution in [0, 0.1) is 12.3 Å². The Hall–Kier alpha value is -0.920. The molecule has 0 aliphatic rings. The molecule has 116 valence electrons. The number of sulfonamides is 1. The van der Waals surface area contributed by atoms with Gasteiger partial charge in [0.25, 0.3) is 10.0 Å². The molecule has 1 unspecified atom stereocenters. The number of hydrogen-bond acceptors (Lipinski definition) is 4. The number of rotatable bonds is 6. The minimum absolute atomic E-state index is 0.0723. The monoisotopic (exact) mass is 302 g/mol.